The fourth-order valence-corrected chi connectivity index (χ4v) is 5.46. The van der Waals surface area contributed by atoms with Gasteiger partial charge < -0.3 is 20.6 Å². The van der Waals surface area contributed by atoms with Crippen LogP contribution >= 0.6 is 0 Å². The topological polar surface area (TPSA) is 81.4 Å². The zero-order valence-electron chi connectivity index (χ0n) is 19.1. The van der Waals surface area contributed by atoms with Crippen LogP contribution in [0.1, 0.15) is 49.4 Å². The largest absolute Gasteiger partial charge is 0.347 e. The molecule has 0 spiro atoms. The lowest BCUT2D eigenvalue weighted by molar-refractivity contribution is 0.613. The first-order valence-corrected chi connectivity index (χ1v) is 12.4. The van der Waals surface area contributed by atoms with E-state index in [0.29, 0.717) is 12.1 Å². The predicted molar refractivity (Wildman–Crippen MR) is 137 cm³/mol. The molecule has 6 nitrogen and oxygen atoms in total. The second-order valence-electron chi connectivity index (χ2n) is 9.60. The molecule has 0 saturated carbocycles. The minimum Gasteiger partial charge on any atom is -0.347 e. The standard InChI is InChI=1S/C28H28N6/c1-3-23(29-11-1)27-31-16-26(34-27)20-8-6-17-5-7-18(13-21(17)14-20)19-9-10-22-25(15-19)33-28(32-22)24-4-2-12-30-24/h5-10,13-16,23-24,29-30H,1-4,11-12H2,(H,31,34)(H,32,33). The van der Waals surface area contributed by atoms with Crippen molar-refractivity contribution in [2.24, 2.45) is 0 Å². The molecule has 3 aromatic carbocycles. The Morgan fingerprint density at radius 1 is 0.676 bits per heavy atom. The number of rotatable bonds is 4. The van der Waals surface area contributed by atoms with E-state index in [1.54, 1.807) is 0 Å². The third-order valence-corrected chi connectivity index (χ3v) is 7.35. The molecule has 0 aliphatic carbocycles. The minimum atomic E-state index is 0.349. The van der Waals surface area contributed by atoms with Crippen LogP contribution in [0.25, 0.3) is 44.2 Å². The molecular weight excluding hydrogens is 420 g/mol. The Morgan fingerprint density at radius 3 is 2.18 bits per heavy atom. The molecule has 2 aliphatic rings. The van der Waals surface area contributed by atoms with E-state index in [0.717, 1.165) is 59.9 Å². The molecule has 2 atom stereocenters. The number of aromatic amines is 2. The molecule has 2 unspecified atom stereocenters. The lowest BCUT2D eigenvalue weighted by atomic mass is 9.99. The lowest BCUT2D eigenvalue weighted by Gasteiger charge is -2.07. The maximum absolute atomic E-state index is 4.88. The van der Waals surface area contributed by atoms with Crippen molar-refractivity contribution in [2.45, 2.75) is 37.8 Å². The molecule has 0 bridgehead atoms. The number of hydrogen-bond acceptors (Lipinski definition) is 4. The van der Waals surface area contributed by atoms with Gasteiger partial charge >= 0.3 is 0 Å². The smallest absolute Gasteiger partial charge is 0.124 e. The fraction of sp³-hybridized carbons (Fsp3) is 0.286. The summed E-state index contributed by atoms with van der Waals surface area (Å²) in [6.07, 6.45) is 6.75. The predicted octanol–water partition coefficient (Wildman–Crippen LogP) is 5.62. The number of benzene rings is 3. The molecule has 4 N–H and O–H groups in total. The zero-order chi connectivity index (χ0) is 22.5. The van der Waals surface area contributed by atoms with Crippen LogP contribution in [0.3, 0.4) is 0 Å². The summed E-state index contributed by atoms with van der Waals surface area (Å²) in [5.41, 5.74) is 6.68. The van der Waals surface area contributed by atoms with E-state index in [2.05, 4.69) is 75.2 Å². The number of nitrogens with one attached hydrogen (secondary N) is 4. The highest BCUT2D eigenvalue weighted by molar-refractivity contribution is 5.91. The Hall–Kier alpha value is -3.48. The van der Waals surface area contributed by atoms with Crippen molar-refractivity contribution in [1.82, 2.24) is 30.6 Å². The van der Waals surface area contributed by atoms with Gasteiger partial charge in [0.25, 0.3) is 0 Å². The van der Waals surface area contributed by atoms with Crippen molar-refractivity contribution >= 4 is 21.8 Å². The second kappa shape index (κ2) is 8.08. The molecule has 5 aromatic rings. The number of imidazole rings is 2. The van der Waals surface area contributed by atoms with Gasteiger partial charge in [-0.1, -0.05) is 30.3 Å². The van der Waals surface area contributed by atoms with E-state index in [-0.39, 0.29) is 0 Å². The Labute approximate surface area is 198 Å². The van der Waals surface area contributed by atoms with Crippen LogP contribution in [0.2, 0.25) is 0 Å². The highest BCUT2D eigenvalue weighted by atomic mass is 15.0. The summed E-state index contributed by atoms with van der Waals surface area (Å²) in [5, 5.41) is 9.51. The van der Waals surface area contributed by atoms with E-state index in [1.807, 2.05) is 6.20 Å². The van der Waals surface area contributed by atoms with Gasteiger partial charge in [0.05, 0.1) is 28.8 Å². The molecule has 2 aliphatic heterocycles. The van der Waals surface area contributed by atoms with Crippen molar-refractivity contribution < 1.29 is 0 Å². The van der Waals surface area contributed by atoms with Crippen LogP contribution in [-0.2, 0) is 0 Å². The van der Waals surface area contributed by atoms with E-state index < -0.39 is 0 Å². The highest BCUT2D eigenvalue weighted by Gasteiger charge is 2.20. The summed E-state index contributed by atoms with van der Waals surface area (Å²) in [4.78, 5) is 16.6. The van der Waals surface area contributed by atoms with Crippen molar-refractivity contribution in [3.05, 3.63) is 72.4 Å². The van der Waals surface area contributed by atoms with Gasteiger partial charge in [0.1, 0.15) is 11.6 Å². The van der Waals surface area contributed by atoms with Gasteiger partial charge in [-0.05, 0) is 84.9 Å². The van der Waals surface area contributed by atoms with Gasteiger partial charge in [-0.3, -0.25) is 0 Å². The summed E-state index contributed by atoms with van der Waals surface area (Å²) < 4.78 is 0. The van der Waals surface area contributed by atoms with Crippen LogP contribution in [0.4, 0.5) is 0 Å². The summed E-state index contributed by atoms with van der Waals surface area (Å²) in [6, 6.07) is 20.5. The van der Waals surface area contributed by atoms with Gasteiger partial charge in [-0.2, -0.15) is 0 Å². The van der Waals surface area contributed by atoms with Gasteiger partial charge in [-0.25, -0.2) is 9.97 Å². The average Bonchev–Trinajstić information content (AvgIpc) is 3.69. The minimum absolute atomic E-state index is 0.349. The van der Waals surface area contributed by atoms with E-state index in [9.17, 15) is 0 Å². The number of nitrogens with zero attached hydrogens (tertiary/aromatic N) is 2. The lowest BCUT2D eigenvalue weighted by Crippen LogP contribution is -2.14. The molecular formula is C28H28N6. The Kier molecular flexibility index (Phi) is 4.74. The van der Waals surface area contributed by atoms with Crippen LogP contribution in [0, 0.1) is 0 Å². The SMILES string of the molecule is c1cc2ccc(-c3c[nH]c(C4CCCN4)n3)cc2cc1-c1ccc2nc(C3CCCN3)[nH]c2c1. The maximum atomic E-state index is 4.88. The number of aromatic nitrogens is 4. The zero-order valence-corrected chi connectivity index (χ0v) is 19.1. The van der Waals surface area contributed by atoms with Crippen LogP contribution in [-0.4, -0.2) is 33.0 Å². The quantitative estimate of drug-likeness (QED) is 0.288. The monoisotopic (exact) mass is 448 g/mol. The Bertz CT molecular complexity index is 1480. The number of H-pyrrole nitrogens is 2. The van der Waals surface area contributed by atoms with Gasteiger partial charge in [0.15, 0.2) is 0 Å². The van der Waals surface area contributed by atoms with Crippen LogP contribution in [0.5, 0.6) is 0 Å². The molecule has 2 fully saturated rings. The van der Waals surface area contributed by atoms with E-state index in [4.69, 9.17) is 9.97 Å². The number of hydrogen-bond donors (Lipinski definition) is 4. The molecule has 4 heterocycles. The van der Waals surface area contributed by atoms with Crippen LogP contribution in [0.15, 0.2) is 60.8 Å². The molecule has 7 rings (SSSR count). The Morgan fingerprint density at radius 2 is 1.38 bits per heavy atom. The third kappa shape index (κ3) is 3.50. The Balaban J connectivity index is 1.22. The van der Waals surface area contributed by atoms with E-state index >= 15 is 0 Å². The molecule has 0 radical (unpaired) electrons. The molecule has 34 heavy (non-hydrogen) atoms. The number of fused-ring (bicyclic) bond motifs is 2. The van der Waals surface area contributed by atoms with E-state index in [1.165, 1.54) is 34.7 Å². The van der Waals surface area contributed by atoms with Crippen molar-refractivity contribution in [2.75, 3.05) is 13.1 Å². The summed E-state index contributed by atoms with van der Waals surface area (Å²) in [5.74, 6) is 2.10. The van der Waals surface area contributed by atoms with Crippen molar-refractivity contribution in [3.8, 4) is 22.4 Å². The van der Waals surface area contributed by atoms with Gasteiger partial charge in [0.2, 0.25) is 0 Å². The summed E-state index contributed by atoms with van der Waals surface area (Å²) in [6.45, 7) is 2.14. The van der Waals surface area contributed by atoms with Crippen LogP contribution < -0.4 is 10.6 Å². The molecule has 2 saturated heterocycles. The first-order chi connectivity index (χ1) is 16.8. The molecule has 6 heteroatoms. The highest BCUT2D eigenvalue weighted by Crippen LogP contribution is 2.31. The third-order valence-electron chi connectivity index (χ3n) is 7.35. The first-order valence-electron chi connectivity index (χ1n) is 12.4. The van der Waals surface area contributed by atoms with Gasteiger partial charge in [-0.15, -0.1) is 0 Å². The van der Waals surface area contributed by atoms with Crippen molar-refractivity contribution in [1.29, 1.82) is 0 Å². The molecule has 170 valence electrons. The maximum Gasteiger partial charge on any atom is 0.124 e. The summed E-state index contributed by atoms with van der Waals surface area (Å²) in [7, 11) is 0. The van der Waals surface area contributed by atoms with Gasteiger partial charge in [0, 0.05) is 11.8 Å². The summed E-state index contributed by atoms with van der Waals surface area (Å²) >= 11 is 0. The first kappa shape index (κ1) is 19.9. The molecule has 0 amide bonds. The molecule has 2 aromatic heterocycles. The normalized spacial score (nSPS) is 20.6. The van der Waals surface area contributed by atoms with Crippen molar-refractivity contribution in [3.63, 3.8) is 0 Å². The average molecular weight is 449 g/mol. The fourth-order valence-electron chi connectivity index (χ4n) is 5.46. The second-order valence-corrected chi connectivity index (χ2v) is 9.60.